The minimum absolute atomic E-state index is 0.0872. The molecule has 1 aliphatic rings. The summed E-state index contributed by atoms with van der Waals surface area (Å²) in [6.45, 7) is -0.736. The molecule has 0 saturated carbocycles. The number of benzene rings is 1. The molecule has 0 radical (unpaired) electrons. The highest BCUT2D eigenvalue weighted by atomic mass is 31.2. The molecule has 1 aromatic rings. The van der Waals surface area contributed by atoms with Gasteiger partial charge in [-0.3, -0.25) is 0 Å². The largest absolute Gasteiger partial charge is 0.629 e. The minimum atomic E-state index is -4.05. The van der Waals surface area contributed by atoms with Crippen molar-refractivity contribution in [2.75, 3.05) is 6.61 Å². The van der Waals surface area contributed by atoms with E-state index in [2.05, 4.69) is 0 Å². The van der Waals surface area contributed by atoms with Crippen LogP contribution >= 0.6 is 7.94 Å². The first-order valence-electron chi connectivity index (χ1n) is 6.09. The van der Waals surface area contributed by atoms with Crippen LogP contribution in [-0.4, -0.2) is 51.2 Å². The Morgan fingerprint density at radius 1 is 1.15 bits per heavy atom. The molecule has 1 heterocycles. The van der Waals surface area contributed by atoms with Crippen molar-refractivity contribution in [1.82, 2.24) is 0 Å². The van der Waals surface area contributed by atoms with Crippen LogP contribution in [0.2, 0.25) is 0 Å². The van der Waals surface area contributed by atoms with Gasteiger partial charge in [0.1, 0.15) is 18.8 Å². The number of aliphatic hydroxyl groups is 4. The molecule has 0 aromatic heterocycles. The highest BCUT2D eigenvalue weighted by Crippen LogP contribution is 2.61. The zero-order chi connectivity index (χ0) is 14.8. The van der Waals surface area contributed by atoms with Crippen LogP contribution in [-0.2, 0) is 15.7 Å². The van der Waals surface area contributed by atoms with E-state index in [4.69, 9.17) is 14.2 Å². The van der Waals surface area contributed by atoms with Gasteiger partial charge in [0.2, 0.25) is 5.85 Å². The van der Waals surface area contributed by atoms with E-state index in [-0.39, 0.29) is 6.61 Å². The Hall–Kier alpha value is -0.630. The van der Waals surface area contributed by atoms with E-state index < -0.39 is 38.7 Å². The SMILES string of the molecule is [O-][P+]1(OCc2ccccc2)O[C@H](CO)[C@@H](O)[C@@H](O)[C@H]1O. The van der Waals surface area contributed by atoms with E-state index in [1.807, 2.05) is 0 Å². The van der Waals surface area contributed by atoms with Gasteiger partial charge in [0, 0.05) is 0 Å². The molecule has 0 aliphatic carbocycles. The van der Waals surface area contributed by atoms with Gasteiger partial charge in [0.25, 0.3) is 7.94 Å². The number of hydrogen-bond donors (Lipinski definition) is 4. The molecule has 1 aliphatic heterocycles. The van der Waals surface area contributed by atoms with Crippen molar-refractivity contribution in [1.29, 1.82) is 0 Å². The Kier molecular flexibility index (Phi) is 5.06. The Morgan fingerprint density at radius 2 is 1.80 bits per heavy atom. The molecule has 20 heavy (non-hydrogen) atoms. The summed E-state index contributed by atoms with van der Waals surface area (Å²) in [5.74, 6) is -1.86. The minimum Gasteiger partial charge on any atom is -0.629 e. The molecule has 8 heteroatoms. The van der Waals surface area contributed by atoms with Gasteiger partial charge in [-0.05, 0) is 5.56 Å². The van der Waals surface area contributed by atoms with Crippen molar-refractivity contribution >= 4 is 7.94 Å². The number of rotatable bonds is 4. The van der Waals surface area contributed by atoms with Gasteiger partial charge in [0.15, 0.2) is 6.10 Å². The summed E-state index contributed by atoms with van der Waals surface area (Å²) < 4.78 is 10.1. The van der Waals surface area contributed by atoms with Crippen LogP contribution in [0.25, 0.3) is 0 Å². The number of aliphatic hydroxyl groups excluding tert-OH is 4. The van der Waals surface area contributed by atoms with E-state index in [0.29, 0.717) is 5.56 Å². The van der Waals surface area contributed by atoms with Crippen molar-refractivity contribution in [3.05, 3.63) is 35.9 Å². The lowest BCUT2D eigenvalue weighted by atomic mass is 10.1. The van der Waals surface area contributed by atoms with E-state index >= 15 is 0 Å². The Bertz CT molecular complexity index is 429. The summed E-state index contributed by atoms with van der Waals surface area (Å²) >= 11 is 0. The monoisotopic (exact) mass is 304 g/mol. The quantitative estimate of drug-likeness (QED) is 0.513. The topological polar surface area (TPSA) is 122 Å². The maximum absolute atomic E-state index is 12.4. The third-order valence-electron chi connectivity index (χ3n) is 3.08. The molecule has 4 N–H and O–H groups in total. The fourth-order valence-electron chi connectivity index (χ4n) is 1.88. The zero-order valence-electron chi connectivity index (χ0n) is 10.6. The maximum Gasteiger partial charge on any atom is 0.271 e. The molecule has 1 saturated heterocycles. The molecular formula is C12H17O7P. The van der Waals surface area contributed by atoms with E-state index in [0.717, 1.165) is 0 Å². The fourth-order valence-corrected chi connectivity index (χ4v) is 3.67. The molecule has 1 aromatic carbocycles. The summed E-state index contributed by atoms with van der Waals surface area (Å²) in [5.41, 5.74) is 0.708. The summed E-state index contributed by atoms with van der Waals surface area (Å²) in [6, 6.07) is 8.80. The normalized spacial score (nSPS) is 37.9. The van der Waals surface area contributed by atoms with Gasteiger partial charge < -0.3 is 25.3 Å². The van der Waals surface area contributed by atoms with Gasteiger partial charge in [-0.1, -0.05) is 30.3 Å². The van der Waals surface area contributed by atoms with Crippen molar-refractivity contribution in [2.24, 2.45) is 0 Å². The van der Waals surface area contributed by atoms with Crippen molar-refractivity contribution in [3.63, 3.8) is 0 Å². The van der Waals surface area contributed by atoms with Gasteiger partial charge in [-0.2, -0.15) is 4.52 Å². The van der Waals surface area contributed by atoms with Crippen LogP contribution in [0.3, 0.4) is 0 Å². The van der Waals surface area contributed by atoms with Crippen LogP contribution in [0, 0.1) is 0 Å². The van der Waals surface area contributed by atoms with Crippen molar-refractivity contribution < 1.29 is 34.4 Å². The molecule has 1 fully saturated rings. The molecule has 112 valence electrons. The average Bonchev–Trinajstić information content (AvgIpc) is 2.48. The molecule has 0 bridgehead atoms. The lowest BCUT2D eigenvalue weighted by Crippen LogP contribution is -2.55. The van der Waals surface area contributed by atoms with Crippen LogP contribution in [0.15, 0.2) is 30.3 Å². The van der Waals surface area contributed by atoms with Gasteiger partial charge in [-0.25, -0.2) is 4.52 Å². The third kappa shape index (κ3) is 3.16. The van der Waals surface area contributed by atoms with Crippen LogP contribution in [0.1, 0.15) is 5.56 Å². The molecule has 1 unspecified atom stereocenters. The summed E-state index contributed by atoms with van der Waals surface area (Å²) in [4.78, 5) is 12.4. The van der Waals surface area contributed by atoms with E-state index in [1.54, 1.807) is 30.3 Å². The van der Waals surface area contributed by atoms with Gasteiger partial charge in [-0.15, -0.1) is 0 Å². The molecular weight excluding hydrogens is 287 g/mol. The average molecular weight is 304 g/mol. The lowest BCUT2D eigenvalue weighted by Gasteiger charge is -2.42. The molecule has 5 atom stereocenters. The molecule has 0 amide bonds. The predicted molar refractivity (Wildman–Crippen MR) is 68.1 cm³/mol. The second-order valence-corrected chi connectivity index (χ2v) is 6.60. The van der Waals surface area contributed by atoms with Gasteiger partial charge in [0.05, 0.1) is 6.61 Å². The van der Waals surface area contributed by atoms with Crippen molar-refractivity contribution in [2.45, 2.75) is 30.8 Å². The Balaban J connectivity index is 2.07. The number of hydrogen-bond acceptors (Lipinski definition) is 7. The second kappa shape index (κ2) is 6.43. The first-order valence-corrected chi connectivity index (χ1v) is 7.71. The maximum atomic E-state index is 12.4. The first-order chi connectivity index (χ1) is 9.48. The Labute approximate surface area is 116 Å². The van der Waals surface area contributed by atoms with E-state index in [1.165, 1.54) is 0 Å². The van der Waals surface area contributed by atoms with Crippen LogP contribution in [0.4, 0.5) is 0 Å². The fraction of sp³-hybridized carbons (Fsp3) is 0.500. The smallest absolute Gasteiger partial charge is 0.271 e. The third-order valence-corrected chi connectivity index (χ3v) is 5.08. The highest BCUT2D eigenvalue weighted by Gasteiger charge is 2.56. The van der Waals surface area contributed by atoms with Gasteiger partial charge >= 0.3 is 0 Å². The lowest BCUT2D eigenvalue weighted by molar-refractivity contribution is -0.260. The van der Waals surface area contributed by atoms with Crippen LogP contribution < -0.4 is 4.89 Å². The summed E-state index contributed by atoms with van der Waals surface area (Å²) in [5, 5.41) is 38.0. The van der Waals surface area contributed by atoms with Crippen LogP contribution in [0.5, 0.6) is 0 Å². The zero-order valence-corrected chi connectivity index (χ0v) is 11.5. The molecule has 7 nitrogen and oxygen atoms in total. The van der Waals surface area contributed by atoms with Crippen molar-refractivity contribution in [3.8, 4) is 0 Å². The van der Waals surface area contributed by atoms with E-state index in [9.17, 15) is 20.2 Å². The second-order valence-electron chi connectivity index (χ2n) is 4.52. The predicted octanol–water partition coefficient (Wildman–Crippen LogP) is -1.24. The molecule has 0 spiro atoms. The Morgan fingerprint density at radius 3 is 2.40 bits per heavy atom. The standard InChI is InChI=1S/C12H17O7P/c13-6-9-10(14)11(15)12(16)20(17,19-9)18-7-8-4-2-1-3-5-8/h1-5,9-16H,6-7H2/t9-,10-,11-,12+,20?/m1/s1. The first kappa shape index (κ1) is 15.8. The summed E-state index contributed by atoms with van der Waals surface area (Å²) in [6.07, 6.45) is -4.50. The summed E-state index contributed by atoms with van der Waals surface area (Å²) in [7, 11) is -4.05. The highest BCUT2D eigenvalue weighted by molar-refractivity contribution is 7.59. The molecule has 2 rings (SSSR count).